The minimum Gasteiger partial charge on any atom is -0.464 e. The fraction of sp³-hybridized carbons (Fsp3) is 0.423. The molecule has 2 heterocycles. The van der Waals surface area contributed by atoms with Crippen molar-refractivity contribution in [3.05, 3.63) is 57.5 Å². The predicted octanol–water partition coefficient (Wildman–Crippen LogP) is 2.97. The SMILES string of the molecule is CC(=O)CC[C@@H](NC(=O)c1ccc(CCc2c[nH]c3nc(N)[nH]c(=O)c23)cc1)C(=O)OCC[Si](C)(C)C. The van der Waals surface area contributed by atoms with Crippen molar-refractivity contribution >= 4 is 42.7 Å². The van der Waals surface area contributed by atoms with Crippen molar-refractivity contribution in [3.63, 3.8) is 0 Å². The molecule has 10 nitrogen and oxygen atoms in total. The van der Waals surface area contributed by atoms with Gasteiger partial charge in [-0.3, -0.25) is 14.6 Å². The van der Waals surface area contributed by atoms with Gasteiger partial charge in [-0.15, -0.1) is 0 Å². The van der Waals surface area contributed by atoms with Gasteiger partial charge in [-0.1, -0.05) is 31.8 Å². The number of rotatable bonds is 12. The Balaban J connectivity index is 1.61. The van der Waals surface area contributed by atoms with Crippen LogP contribution >= 0.6 is 0 Å². The van der Waals surface area contributed by atoms with Crippen LogP contribution in [0.15, 0.2) is 35.3 Å². The first-order chi connectivity index (χ1) is 17.4. The maximum atomic E-state index is 12.8. The van der Waals surface area contributed by atoms with Crippen molar-refractivity contribution < 1.29 is 19.1 Å². The van der Waals surface area contributed by atoms with E-state index in [0.717, 1.165) is 17.2 Å². The van der Waals surface area contributed by atoms with E-state index in [1.807, 2.05) is 12.1 Å². The Morgan fingerprint density at radius 1 is 1.14 bits per heavy atom. The number of hydrogen-bond donors (Lipinski definition) is 4. The highest BCUT2D eigenvalue weighted by molar-refractivity contribution is 6.76. The molecule has 0 fully saturated rings. The third-order valence-electron chi connectivity index (χ3n) is 6.01. The molecule has 1 amide bonds. The Morgan fingerprint density at radius 3 is 2.49 bits per heavy atom. The van der Waals surface area contributed by atoms with Gasteiger partial charge in [0.15, 0.2) is 0 Å². The van der Waals surface area contributed by atoms with Gasteiger partial charge in [0.05, 0.1) is 12.0 Å². The highest BCUT2D eigenvalue weighted by Crippen LogP contribution is 2.16. The van der Waals surface area contributed by atoms with Gasteiger partial charge in [0, 0.05) is 26.3 Å². The average Bonchev–Trinajstić information content (AvgIpc) is 3.22. The van der Waals surface area contributed by atoms with Crippen molar-refractivity contribution in [3.8, 4) is 0 Å². The fourth-order valence-corrected chi connectivity index (χ4v) is 4.53. The molecule has 2 aromatic heterocycles. The molecule has 0 bridgehead atoms. The van der Waals surface area contributed by atoms with Crippen molar-refractivity contribution in [1.29, 1.82) is 0 Å². The van der Waals surface area contributed by atoms with Gasteiger partial charge in [-0.25, -0.2) is 4.79 Å². The molecule has 0 aliphatic rings. The number of aryl methyl sites for hydroxylation is 2. The molecule has 0 spiro atoms. The van der Waals surface area contributed by atoms with Gasteiger partial charge < -0.3 is 25.6 Å². The molecule has 0 unspecified atom stereocenters. The molecular formula is C26H35N5O5Si. The largest absolute Gasteiger partial charge is 0.464 e. The van der Waals surface area contributed by atoms with Crippen LogP contribution < -0.4 is 16.6 Å². The van der Waals surface area contributed by atoms with Gasteiger partial charge in [-0.05, 0) is 55.5 Å². The van der Waals surface area contributed by atoms with Crippen LogP contribution in [0.5, 0.6) is 0 Å². The van der Waals surface area contributed by atoms with Gasteiger partial charge in [0.25, 0.3) is 11.5 Å². The molecule has 1 aromatic carbocycles. The van der Waals surface area contributed by atoms with E-state index in [1.165, 1.54) is 6.92 Å². The first-order valence-electron chi connectivity index (χ1n) is 12.3. The number of aromatic amines is 2. The van der Waals surface area contributed by atoms with Crippen molar-refractivity contribution in [2.45, 2.75) is 64.3 Å². The number of H-pyrrole nitrogens is 2. The normalized spacial score (nSPS) is 12.3. The van der Waals surface area contributed by atoms with Crippen LogP contribution in [0.25, 0.3) is 11.0 Å². The second-order valence-corrected chi connectivity index (χ2v) is 16.1. The molecule has 11 heteroatoms. The summed E-state index contributed by atoms with van der Waals surface area (Å²) in [6.07, 6.45) is 3.35. The highest BCUT2D eigenvalue weighted by Gasteiger charge is 2.24. The number of ether oxygens (including phenoxy) is 1. The topological polar surface area (TPSA) is 160 Å². The summed E-state index contributed by atoms with van der Waals surface area (Å²) >= 11 is 0. The molecule has 1 atom stereocenters. The van der Waals surface area contributed by atoms with E-state index in [9.17, 15) is 19.2 Å². The molecule has 3 aromatic rings. The number of benzene rings is 1. The molecule has 0 saturated heterocycles. The van der Waals surface area contributed by atoms with Gasteiger partial charge in [0.2, 0.25) is 5.95 Å². The van der Waals surface area contributed by atoms with Crippen molar-refractivity contribution in [1.82, 2.24) is 20.3 Å². The monoisotopic (exact) mass is 525 g/mol. The van der Waals surface area contributed by atoms with Crippen LogP contribution in [0.3, 0.4) is 0 Å². The van der Waals surface area contributed by atoms with E-state index in [-0.39, 0.29) is 30.1 Å². The Bertz CT molecular complexity index is 1320. The van der Waals surface area contributed by atoms with Crippen LogP contribution in [0.2, 0.25) is 25.7 Å². The van der Waals surface area contributed by atoms with Crippen LogP contribution in [-0.4, -0.2) is 53.3 Å². The van der Waals surface area contributed by atoms with Crippen molar-refractivity contribution in [2.24, 2.45) is 0 Å². The number of aromatic nitrogens is 3. The summed E-state index contributed by atoms with van der Waals surface area (Å²) in [6.45, 7) is 8.32. The van der Waals surface area contributed by atoms with Gasteiger partial charge >= 0.3 is 5.97 Å². The summed E-state index contributed by atoms with van der Waals surface area (Å²) in [5.74, 6) is -0.929. The molecule has 5 N–H and O–H groups in total. The number of Topliss-reactive ketones (excluding diaryl/α,β-unsaturated/α-hetero) is 1. The molecule has 0 aliphatic heterocycles. The molecule has 3 rings (SSSR count). The zero-order valence-corrected chi connectivity index (χ0v) is 22.8. The number of fused-ring (bicyclic) bond motifs is 1. The minimum absolute atomic E-state index is 0.0585. The maximum absolute atomic E-state index is 12.8. The smallest absolute Gasteiger partial charge is 0.328 e. The number of hydrogen-bond acceptors (Lipinski definition) is 7. The lowest BCUT2D eigenvalue weighted by Gasteiger charge is -2.20. The minimum atomic E-state index is -1.37. The Labute approximate surface area is 216 Å². The predicted molar refractivity (Wildman–Crippen MR) is 145 cm³/mol. The number of nitrogens with one attached hydrogen (secondary N) is 3. The molecule has 198 valence electrons. The fourth-order valence-electron chi connectivity index (χ4n) is 3.82. The first kappa shape index (κ1) is 27.8. The van der Waals surface area contributed by atoms with Gasteiger partial charge in [0.1, 0.15) is 17.5 Å². The lowest BCUT2D eigenvalue weighted by molar-refractivity contribution is -0.145. The third-order valence-corrected chi connectivity index (χ3v) is 7.72. The van der Waals surface area contributed by atoms with Crippen LogP contribution in [0.4, 0.5) is 5.95 Å². The van der Waals surface area contributed by atoms with E-state index in [2.05, 4.69) is 39.9 Å². The second kappa shape index (κ2) is 12.0. The Kier molecular flexibility index (Phi) is 9.03. The highest BCUT2D eigenvalue weighted by atomic mass is 28.3. The van der Waals surface area contributed by atoms with Crippen LogP contribution in [0, 0.1) is 0 Å². The summed E-state index contributed by atoms with van der Waals surface area (Å²) < 4.78 is 5.41. The quantitative estimate of drug-likeness (QED) is 0.209. The van der Waals surface area contributed by atoms with Gasteiger partial charge in [-0.2, -0.15) is 4.98 Å². The second-order valence-electron chi connectivity index (χ2n) is 10.4. The van der Waals surface area contributed by atoms with E-state index in [4.69, 9.17) is 10.5 Å². The number of nitrogens with two attached hydrogens (primary N) is 1. The first-order valence-corrected chi connectivity index (χ1v) is 16.1. The van der Waals surface area contributed by atoms with E-state index in [1.54, 1.807) is 18.3 Å². The molecule has 0 saturated carbocycles. The molecule has 0 aliphatic carbocycles. The Hall–Kier alpha value is -3.73. The number of ketones is 1. The van der Waals surface area contributed by atoms with E-state index in [0.29, 0.717) is 36.0 Å². The summed E-state index contributed by atoms with van der Waals surface area (Å²) in [6, 6.07) is 6.98. The molecule has 37 heavy (non-hydrogen) atoms. The van der Waals surface area contributed by atoms with Crippen LogP contribution in [-0.2, 0) is 27.2 Å². The summed E-state index contributed by atoms with van der Waals surface area (Å²) in [4.78, 5) is 58.8. The zero-order chi connectivity index (χ0) is 27.2. The summed E-state index contributed by atoms with van der Waals surface area (Å²) in [5.41, 5.74) is 7.95. The standard InChI is InChI=1S/C26H35N5O5Si/c1-16(32)5-12-20(25(35)36-13-14-37(2,3)4)29-23(33)18-9-6-17(7-10-18)8-11-19-15-28-22-21(19)24(34)31-26(27)30-22/h6-7,9-10,15,20H,5,8,11-14H2,1-4H3,(H,29,33)(H4,27,28,30,31,34)/t20-/m1/s1. The summed E-state index contributed by atoms with van der Waals surface area (Å²) in [5, 5.41) is 3.21. The number of anilines is 1. The number of carbonyl (C=O) groups is 3. The van der Waals surface area contributed by atoms with E-state index >= 15 is 0 Å². The number of carbonyl (C=O) groups excluding carboxylic acids is 3. The average molecular weight is 526 g/mol. The molecule has 0 radical (unpaired) electrons. The molecular weight excluding hydrogens is 490 g/mol. The number of esters is 1. The Morgan fingerprint density at radius 2 is 1.84 bits per heavy atom. The summed E-state index contributed by atoms with van der Waals surface area (Å²) in [7, 11) is -1.37. The zero-order valence-electron chi connectivity index (χ0n) is 21.8. The number of nitrogen functional groups attached to an aromatic ring is 1. The number of nitrogens with zero attached hydrogens (tertiary/aromatic N) is 1. The van der Waals surface area contributed by atoms with E-state index < -0.39 is 26.0 Å². The lowest BCUT2D eigenvalue weighted by atomic mass is 10.0. The lowest BCUT2D eigenvalue weighted by Crippen LogP contribution is -2.42. The van der Waals surface area contributed by atoms with Crippen LogP contribution in [0.1, 0.15) is 41.3 Å². The van der Waals surface area contributed by atoms with Crippen molar-refractivity contribution in [2.75, 3.05) is 12.3 Å². The maximum Gasteiger partial charge on any atom is 0.328 e. The third kappa shape index (κ3) is 8.14. The number of amides is 1.